The van der Waals surface area contributed by atoms with E-state index >= 15 is 0 Å². The van der Waals surface area contributed by atoms with Crippen molar-refractivity contribution in [3.05, 3.63) is 94.8 Å². The molecule has 1 saturated carbocycles. The SMILES string of the molecule is C=Cc1ccc(N2C(=O)C3CC=C4C(CC5C(=O)N(c6ccc(F)c(Cl)c6)C(=O)C5(C)C4c4cc(OC)c(O)c(OC)c4)C3C2=O)cc1. The largest absolute Gasteiger partial charge is 0.502 e. The highest BCUT2D eigenvalue weighted by Crippen LogP contribution is 2.64. The molecular weight excluding hydrogens is 639 g/mol. The lowest BCUT2D eigenvalue weighted by molar-refractivity contribution is -0.131. The van der Waals surface area contributed by atoms with Crippen LogP contribution in [0.1, 0.15) is 36.8 Å². The molecule has 2 heterocycles. The highest BCUT2D eigenvalue weighted by molar-refractivity contribution is 6.32. The fraction of sp³-hybridized carbons (Fsp3) is 0.297. The van der Waals surface area contributed by atoms with Gasteiger partial charge in [0.25, 0.3) is 0 Å². The number of methoxy groups -OCH3 is 2. The summed E-state index contributed by atoms with van der Waals surface area (Å²) in [5.41, 5.74) is 1.30. The van der Waals surface area contributed by atoms with E-state index in [9.17, 15) is 28.7 Å². The highest BCUT2D eigenvalue weighted by atomic mass is 35.5. The Morgan fingerprint density at radius 1 is 0.917 bits per heavy atom. The number of amides is 4. The molecule has 48 heavy (non-hydrogen) atoms. The molecule has 0 spiro atoms. The van der Waals surface area contributed by atoms with Gasteiger partial charge in [-0.1, -0.05) is 48.0 Å². The topological polar surface area (TPSA) is 113 Å². The summed E-state index contributed by atoms with van der Waals surface area (Å²) < 4.78 is 25.1. The van der Waals surface area contributed by atoms with Crippen molar-refractivity contribution in [2.75, 3.05) is 24.0 Å². The maximum absolute atomic E-state index is 14.6. The Hall–Kier alpha value is -4.96. The number of imide groups is 2. The van der Waals surface area contributed by atoms with E-state index in [4.69, 9.17) is 21.1 Å². The number of fused-ring (bicyclic) bond motifs is 4. The van der Waals surface area contributed by atoms with Crippen molar-refractivity contribution in [1.82, 2.24) is 0 Å². The number of allylic oxidation sites excluding steroid dienone is 2. The second-order valence-corrected chi connectivity index (χ2v) is 13.2. The molecule has 3 fully saturated rings. The van der Waals surface area contributed by atoms with Gasteiger partial charge in [-0.15, -0.1) is 0 Å². The molecule has 0 bridgehead atoms. The number of aromatic hydroxyl groups is 1. The number of halogens is 2. The van der Waals surface area contributed by atoms with Gasteiger partial charge in [0.1, 0.15) is 5.82 Å². The van der Waals surface area contributed by atoms with E-state index in [1.54, 1.807) is 49.4 Å². The summed E-state index contributed by atoms with van der Waals surface area (Å²) in [5.74, 6) is -6.15. The second kappa shape index (κ2) is 11.3. The van der Waals surface area contributed by atoms with Gasteiger partial charge in [-0.3, -0.25) is 24.1 Å². The summed E-state index contributed by atoms with van der Waals surface area (Å²) in [6.07, 6.45) is 3.98. The van der Waals surface area contributed by atoms with Gasteiger partial charge < -0.3 is 14.6 Å². The van der Waals surface area contributed by atoms with Crippen LogP contribution in [0, 0.1) is 34.9 Å². The molecule has 246 valence electrons. The molecule has 0 radical (unpaired) electrons. The van der Waals surface area contributed by atoms with Crippen LogP contribution in [0.5, 0.6) is 17.2 Å². The van der Waals surface area contributed by atoms with Crippen molar-refractivity contribution in [3.63, 3.8) is 0 Å². The van der Waals surface area contributed by atoms with Crippen LogP contribution in [0.4, 0.5) is 15.8 Å². The van der Waals surface area contributed by atoms with Crippen LogP contribution in [-0.4, -0.2) is 43.0 Å². The number of hydrogen-bond acceptors (Lipinski definition) is 7. The molecule has 6 atom stereocenters. The number of anilines is 2. The maximum Gasteiger partial charge on any atom is 0.241 e. The zero-order chi connectivity index (χ0) is 34.2. The van der Waals surface area contributed by atoms with Crippen LogP contribution < -0.4 is 19.3 Å². The summed E-state index contributed by atoms with van der Waals surface area (Å²) in [4.78, 5) is 59.4. The molecule has 3 aromatic carbocycles. The van der Waals surface area contributed by atoms with E-state index in [-0.39, 0.29) is 52.6 Å². The first-order valence-electron chi connectivity index (χ1n) is 15.5. The van der Waals surface area contributed by atoms with Crippen molar-refractivity contribution in [2.24, 2.45) is 29.1 Å². The first-order chi connectivity index (χ1) is 23.0. The Kier molecular flexibility index (Phi) is 7.47. The summed E-state index contributed by atoms with van der Waals surface area (Å²) >= 11 is 6.09. The third-order valence-corrected chi connectivity index (χ3v) is 10.9. The molecule has 3 aromatic rings. The number of benzene rings is 3. The zero-order valence-electron chi connectivity index (χ0n) is 26.4. The van der Waals surface area contributed by atoms with Gasteiger partial charge in [0.15, 0.2) is 11.5 Å². The Balaban J connectivity index is 1.39. The van der Waals surface area contributed by atoms with Crippen molar-refractivity contribution in [2.45, 2.75) is 25.7 Å². The van der Waals surface area contributed by atoms with Gasteiger partial charge in [-0.2, -0.15) is 0 Å². The molecule has 2 aliphatic carbocycles. The smallest absolute Gasteiger partial charge is 0.241 e. The first kappa shape index (κ1) is 31.6. The maximum atomic E-state index is 14.6. The number of phenolic OH excluding ortho intramolecular Hbond substituents is 1. The van der Waals surface area contributed by atoms with Gasteiger partial charge in [0.05, 0.1) is 53.8 Å². The molecule has 11 heteroatoms. The number of nitrogens with zero attached hydrogens (tertiary/aromatic N) is 2. The van der Waals surface area contributed by atoms with E-state index in [2.05, 4.69) is 6.58 Å². The fourth-order valence-electron chi connectivity index (χ4n) is 8.36. The fourth-order valence-corrected chi connectivity index (χ4v) is 8.53. The van der Waals surface area contributed by atoms with Gasteiger partial charge >= 0.3 is 0 Å². The lowest BCUT2D eigenvalue weighted by atomic mass is 9.51. The van der Waals surface area contributed by atoms with E-state index in [0.29, 0.717) is 11.3 Å². The van der Waals surface area contributed by atoms with Crippen molar-refractivity contribution in [3.8, 4) is 17.2 Å². The minimum Gasteiger partial charge on any atom is -0.502 e. The van der Waals surface area contributed by atoms with Crippen LogP contribution >= 0.6 is 11.6 Å². The summed E-state index contributed by atoms with van der Waals surface area (Å²) in [6.45, 7) is 5.48. The zero-order valence-corrected chi connectivity index (χ0v) is 27.2. The normalized spacial score (nSPS) is 27.8. The van der Waals surface area contributed by atoms with Crippen molar-refractivity contribution < 1.29 is 38.1 Å². The predicted molar refractivity (Wildman–Crippen MR) is 176 cm³/mol. The Morgan fingerprint density at radius 3 is 2.17 bits per heavy atom. The standard InChI is InChI=1S/C37H32ClFN2O7/c1-5-18-6-8-20(9-7-18)40-33(43)23-12-11-22-24(30(23)35(40)45)17-25-34(44)41(21-10-13-27(39)26(38)16-21)36(46)37(25,2)31(22)19-14-28(47-3)32(42)29(15-19)48-4/h5-11,13-16,23-25,30-31,42H,1,12,17H2,2-4H3. The number of rotatable bonds is 6. The summed E-state index contributed by atoms with van der Waals surface area (Å²) in [7, 11) is 2.78. The average molecular weight is 671 g/mol. The van der Waals surface area contributed by atoms with Crippen LogP contribution in [-0.2, 0) is 19.2 Å². The predicted octanol–water partition coefficient (Wildman–Crippen LogP) is 6.28. The minimum atomic E-state index is -1.38. The molecule has 9 nitrogen and oxygen atoms in total. The van der Waals surface area contributed by atoms with E-state index in [1.807, 2.05) is 6.08 Å². The Bertz CT molecular complexity index is 1930. The first-order valence-corrected chi connectivity index (χ1v) is 15.9. The lowest BCUT2D eigenvalue weighted by Gasteiger charge is -2.49. The molecular formula is C37H32ClFN2O7. The number of carbonyl (C=O) groups is 4. The molecule has 4 aliphatic rings. The third-order valence-electron chi connectivity index (χ3n) is 10.7. The molecule has 1 N–H and O–H groups in total. The van der Waals surface area contributed by atoms with Crippen LogP contribution in [0.25, 0.3) is 6.08 Å². The van der Waals surface area contributed by atoms with Gasteiger partial charge in [0.2, 0.25) is 29.4 Å². The van der Waals surface area contributed by atoms with Gasteiger partial charge in [-0.05, 0) is 79.3 Å². The van der Waals surface area contributed by atoms with Crippen LogP contribution in [0.2, 0.25) is 5.02 Å². The van der Waals surface area contributed by atoms with Crippen LogP contribution in [0.3, 0.4) is 0 Å². The quantitative estimate of drug-likeness (QED) is 0.243. The number of hydrogen-bond donors (Lipinski definition) is 1. The lowest BCUT2D eigenvalue weighted by Crippen LogP contribution is -2.48. The monoisotopic (exact) mass is 670 g/mol. The third kappa shape index (κ3) is 4.35. The number of ether oxygens (including phenoxy) is 2. The van der Waals surface area contributed by atoms with E-state index in [1.165, 1.54) is 31.3 Å². The average Bonchev–Trinajstić information content (AvgIpc) is 3.45. The van der Waals surface area contributed by atoms with Crippen molar-refractivity contribution in [1.29, 1.82) is 0 Å². The molecule has 7 rings (SSSR count). The molecule has 6 unspecified atom stereocenters. The minimum absolute atomic E-state index is 0.0983. The summed E-state index contributed by atoms with van der Waals surface area (Å²) in [6, 6.07) is 13.8. The summed E-state index contributed by atoms with van der Waals surface area (Å²) in [5, 5.41) is 10.5. The Morgan fingerprint density at radius 2 is 1.56 bits per heavy atom. The van der Waals surface area contributed by atoms with Gasteiger partial charge in [0, 0.05) is 5.92 Å². The number of phenols is 1. The van der Waals surface area contributed by atoms with Crippen molar-refractivity contribution >= 4 is 52.7 Å². The van der Waals surface area contributed by atoms with E-state index in [0.717, 1.165) is 22.1 Å². The molecule has 2 saturated heterocycles. The molecule has 2 aliphatic heterocycles. The van der Waals surface area contributed by atoms with Crippen LogP contribution in [0.15, 0.2) is 72.8 Å². The highest BCUT2D eigenvalue weighted by Gasteiger charge is 2.67. The number of carbonyl (C=O) groups excluding carboxylic acids is 4. The second-order valence-electron chi connectivity index (χ2n) is 12.8. The van der Waals surface area contributed by atoms with Gasteiger partial charge in [-0.25, -0.2) is 9.29 Å². The Labute approximate surface area is 281 Å². The van der Waals surface area contributed by atoms with E-state index < -0.39 is 52.6 Å². The molecule has 4 amide bonds. The molecule has 0 aromatic heterocycles.